The topological polar surface area (TPSA) is 90.2 Å². The zero-order valence-corrected chi connectivity index (χ0v) is 15.8. The molecule has 2 atom stereocenters. The minimum Gasteiger partial charge on any atom is -0.469 e. The number of nitrogens with two attached hydrogens (primary N) is 1. The molecule has 0 spiro atoms. The number of thioether (sulfide) groups is 1. The number of rotatable bonds is 5. The molecule has 3 heterocycles. The van der Waals surface area contributed by atoms with Gasteiger partial charge in [0.1, 0.15) is 5.76 Å². The van der Waals surface area contributed by atoms with Crippen LogP contribution < -0.4 is 5.84 Å². The summed E-state index contributed by atoms with van der Waals surface area (Å²) in [6, 6.07) is 2.16. The number of aryl methyl sites for hydroxylation is 1. The second-order valence-corrected chi connectivity index (χ2v) is 7.72. The zero-order valence-electron chi connectivity index (χ0n) is 14.9. The van der Waals surface area contributed by atoms with E-state index in [9.17, 15) is 4.79 Å². The Bertz CT molecular complexity index is 741. The van der Waals surface area contributed by atoms with E-state index < -0.39 is 0 Å². The van der Waals surface area contributed by atoms with Gasteiger partial charge < -0.3 is 15.2 Å². The monoisotopic (exact) mass is 363 g/mol. The van der Waals surface area contributed by atoms with Crippen LogP contribution in [0.15, 0.2) is 21.9 Å². The molecule has 2 aromatic rings. The summed E-state index contributed by atoms with van der Waals surface area (Å²) in [5.41, 5.74) is 0.808. The number of furan rings is 1. The van der Waals surface area contributed by atoms with Crippen LogP contribution in [0.1, 0.15) is 45.3 Å². The molecule has 2 N–H and O–H groups in total. The molecule has 136 valence electrons. The van der Waals surface area contributed by atoms with Crippen molar-refractivity contribution < 1.29 is 9.21 Å². The Morgan fingerprint density at radius 2 is 2.28 bits per heavy atom. The normalized spacial score (nSPS) is 19.2. The fourth-order valence-corrected chi connectivity index (χ4v) is 4.16. The third-order valence-electron chi connectivity index (χ3n) is 4.78. The van der Waals surface area contributed by atoms with Crippen molar-refractivity contribution in [2.75, 3.05) is 12.4 Å². The van der Waals surface area contributed by atoms with Gasteiger partial charge in [-0.25, -0.2) is 4.68 Å². The molecular formula is C17H25N5O2S. The van der Waals surface area contributed by atoms with E-state index in [0.29, 0.717) is 17.0 Å². The summed E-state index contributed by atoms with van der Waals surface area (Å²) in [7, 11) is 0. The van der Waals surface area contributed by atoms with Gasteiger partial charge in [-0.1, -0.05) is 18.7 Å². The summed E-state index contributed by atoms with van der Waals surface area (Å²) in [5, 5.41) is 8.59. The summed E-state index contributed by atoms with van der Waals surface area (Å²) in [5.74, 6) is 7.58. The highest BCUT2D eigenvalue weighted by Crippen LogP contribution is 2.29. The number of aromatic nitrogens is 3. The third-order valence-corrected chi connectivity index (χ3v) is 5.82. The van der Waals surface area contributed by atoms with Gasteiger partial charge in [0.15, 0.2) is 5.82 Å². The summed E-state index contributed by atoms with van der Waals surface area (Å²) < 4.78 is 6.73. The molecule has 3 rings (SSSR count). The lowest BCUT2D eigenvalue weighted by Gasteiger charge is -2.36. The molecule has 0 saturated carbocycles. The number of hydrogen-bond acceptors (Lipinski definition) is 6. The zero-order chi connectivity index (χ0) is 18.0. The molecular weight excluding hydrogens is 338 g/mol. The summed E-state index contributed by atoms with van der Waals surface area (Å²) in [4.78, 5) is 14.9. The molecule has 0 radical (unpaired) electrons. The summed E-state index contributed by atoms with van der Waals surface area (Å²) in [6.45, 7) is 6.75. The Labute approximate surface area is 151 Å². The smallest absolute Gasteiger partial charge is 0.236 e. The van der Waals surface area contributed by atoms with Crippen LogP contribution in [0.3, 0.4) is 0 Å². The van der Waals surface area contributed by atoms with Gasteiger partial charge in [0, 0.05) is 12.6 Å². The first kappa shape index (κ1) is 17.8. The van der Waals surface area contributed by atoms with Gasteiger partial charge in [-0.15, -0.1) is 10.2 Å². The Kier molecular flexibility index (Phi) is 5.36. The molecule has 8 heteroatoms. The van der Waals surface area contributed by atoms with Crippen LogP contribution in [0.2, 0.25) is 0 Å². The molecule has 2 aromatic heterocycles. The number of carbonyl (C=O) groups is 1. The van der Waals surface area contributed by atoms with Crippen LogP contribution in [-0.4, -0.2) is 43.5 Å². The SMILES string of the molecule is CCC1CCCCN1C(=O)C(C)Sc1nnc(-c2ccoc2C)n1N. The molecule has 2 unspecified atom stereocenters. The van der Waals surface area contributed by atoms with Crippen LogP contribution >= 0.6 is 11.8 Å². The quantitative estimate of drug-likeness (QED) is 0.649. The number of likely N-dealkylation sites (tertiary alicyclic amines) is 1. The van der Waals surface area contributed by atoms with Crippen LogP contribution in [0.25, 0.3) is 11.4 Å². The van der Waals surface area contributed by atoms with Crippen molar-refractivity contribution in [1.29, 1.82) is 0 Å². The predicted molar refractivity (Wildman–Crippen MR) is 97.6 cm³/mol. The van der Waals surface area contributed by atoms with Crippen LogP contribution in [0, 0.1) is 6.92 Å². The molecule has 1 saturated heterocycles. The number of hydrogen-bond donors (Lipinski definition) is 1. The van der Waals surface area contributed by atoms with Gasteiger partial charge >= 0.3 is 0 Å². The van der Waals surface area contributed by atoms with Crippen molar-refractivity contribution in [2.45, 2.75) is 62.9 Å². The number of nitrogens with zero attached hydrogens (tertiary/aromatic N) is 4. The van der Waals surface area contributed by atoms with Crippen molar-refractivity contribution in [3.8, 4) is 11.4 Å². The first-order valence-corrected chi connectivity index (χ1v) is 9.63. The minimum absolute atomic E-state index is 0.153. The van der Waals surface area contributed by atoms with Crippen molar-refractivity contribution in [3.63, 3.8) is 0 Å². The molecule has 1 amide bonds. The second-order valence-electron chi connectivity index (χ2n) is 6.42. The third kappa shape index (κ3) is 3.53. The lowest BCUT2D eigenvalue weighted by Crippen LogP contribution is -2.46. The van der Waals surface area contributed by atoms with Gasteiger partial charge in [0.25, 0.3) is 0 Å². The van der Waals surface area contributed by atoms with E-state index in [1.54, 1.807) is 6.26 Å². The summed E-state index contributed by atoms with van der Waals surface area (Å²) >= 11 is 1.35. The number of carbonyl (C=O) groups excluding carboxylic acids is 1. The van der Waals surface area contributed by atoms with Crippen LogP contribution in [0.5, 0.6) is 0 Å². The Hall–Kier alpha value is -1.96. The second kappa shape index (κ2) is 7.51. The van der Waals surface area contributed by atoms with E-state index in [-0.39, 0.29) is 11.2 Å². The van der Waals surface area contributed by atoms with Crippen molar-refractivity contribution in [2.24, 2.45) is 0 Å². The highest BCUT2D eigenvalue weighted by Gasteiger charge is 2.30. The van der Waals surface area contributed by atoms with Crippen LogP contribution in [-0.2, 0) is 4.79 Å². The average molecular weight is 363 g/mol. The van der Waals surface area contributed by atoms with Gasteiger partial charge in [-0.2, -0.15) is 0 Å². The van der Waals surface area contributed by atoms with E-state index >= 15 is 0 Å². The summed E-state index contributed by atoms with van der Waals surface area (Å²) in [6.07, 6.45) is 5.97. The standard InChI is InChI=1S/C17H25N5O2S/c1-4-13-7-5-6-9-21(13)16(23)12(3)25-17-20-19-15(22(17)18)14-8-10-24-11(14)2/h8,10,12-13H,4-7,9,18H2,1-3H3. The van der Waals surface area contributed by atoms with Crippen molar-refractivity contribution in [3.05, 3.63) is 18.1 Å². The minimum atomic E-state index is -0.253. The molecule has 1 aliphatic rings. The molecule has 0 bridgehead atoms. The van der Waals surface area contributed by atoms with Gasteiger partial charge in [0.05, 0.1) is 17.1 Å². The van der Waals surface area contributed by atoms with Gasteiger partial charge in [-0.05, 0) is 45.6 Å². The maximum Gasteiger partial charge on any atom is 0.236 e. The van der Waals surface area contributed by atoms with E-state index in [2.05, 4.69) is 17.1 Å². The van der Waals surface area contributed by atoms with E-state index in [1.165, 1.54) is 22.9 Å². The van der Waals surface area contributed by atoms with Crippen LogP contribution in [0.4, 0.5) is 0 Å². The number of piperidine rings is 1. The molecule has 25 heavy (non-hydrogen) atoms. The van der Waals surface area contributed by atoms with E-state index in [4.69, 9.17) is 10.3 Å². The number of nitrogen functional groups attached to an aromatic ring is 1. The first-order valence-electron chi connectivity index (χ1n) is 8.75. The van der Waals surface area contributed by atoms with Gasteiger partial charge in [0.2, 0.25) is 11.1 Å². The fourth-order valence-electron chi connectivity index (χ4n) is 3.32. The lowest BCUT2D eigenvalue weighted by atomic mass is 10.00. The Morgan fingerprint density at radius 1 is 1.48 bits per heavy atom. The predicted octanol–water partition coefficient (Wildman–Crippen LogP) is 2.83. The van der Waals surface area contributed by atoms with Crippen molar-refractivity contribution in [1.82, 2.24) is 19.8 Å². The molecule has 7 nitrogen and oxygen atoms in total. The lowest BCUT2D eigenvalue weighted by molar-refractivity contribution is -0.134. The molecule has 1 aliphatic heterocycles. The first-order chi connectivity index (χ1) is 12.0. The highest BCUT2D eigenvalue weighted by molar-refractivity contribution is 8.00. The maximum atomic E-state index is 12.9. The largest absolute Gasteiger partial charge is 0.469 e. The van der Waals surface area contributed by atoms with Gasteiger partial charge in [-0.3, -0.25) is 4.79 Å². The molecule has 1 fully saturated rings. The molecule has 0 aromatic carbocycles. The molecule has 0 aliphatic carbocycles. The van der Waals surface area contributed by atoms with Crippen molar-refractivity contribution >= 4 is 17.7 Å². The van der Waals surface area contributed by atoms with E-state index in [0.717, 1.165) is 37.1 Å². The maximum absolute atomic E-state index is 12.9. The number of amides is 1. The average Bonchev–Trinajstić information content (AvgIpc) is 3.20. The fraction of sp³-hybridized carbons (Fsp3) is 0.588. The highest BCUT2D eigenvalue weighted by atomic mass is 32.2. The Morgan fingerprint density at radius 3 is 2.96 bits per heavy atom. The van der Waals surface area contributed by atoms with E-state index in [1.807, 2.05) is 24.8 Å². The Balaban J connectivity index is 1.73.